The lowest BCUT2D eigenvalue weighted by Crippen LogP contribution is -2.09. The van der Waals surface area contributed by atoms with Crippen molar-refractivity contribution in [1.29, 1.82) is 0 Å². The summed E-state index contributed by atoms with van der Waals surface area (Å²) in [6.45, 7) is 4.47. The molecule has 1 unspecified atom stereocenters. The molecule has 0 fully saturated rings. The molecule has 0 saturated carbocycles. The van der Waals surface area contributed by atoms with Crippen LogP contribution in [-0.2, 0) is 0 Å². The topological polar surface area (TPSA) is 102 Å². The first-order valence-corrected chi connectivity index (χ1v) is 5.72. The molecule has 0 saturated heterocycles. The number of nitrogen functional groups attached to an aromatic ring is 1. The van der Waals surface area contributed by atoms with Crippen LogP contribution in [-0.4, -0.2) is 27.2 Å². The van der Waals surface area contributed by atoms with Gasteiger partial charge in [-0.1, -0.05) is 5.21 Å². The molecular weight excluding hydrogens is 232 g/mol. The second kappa shape index (κ2) is 5.35. The summed E-state index contributed by atoms with van der Waals surface area (Å²) in [6.07, 6.45) is 0. The highest BCUT2D eigenvalue weighted by Crippen LogP contribution is 2.25. The second-order valence-electron chi connectivity index (χ2n) is 3.86. The first-order valence-electron chi connectivity index (χ1n) is 5.72. The highest BCUT2D eigenvalue weighted by atomic mass is 16.5. The zero-order chi connectivity index (χ0) is 13.0. The van der Waals surface area contributed by atoms with Crippen molar-refractivity contribution in [3.8, 4) is 5.75 Å². The van der Waals surface area contributed by atoms with Crippen LogP contribution in [0.25, 0.3) is 0 Å². The van der Waals surface area contributed by atoms with Crippen LogP contribution in [0.1, 0.15) is 25.7 Å². The number of hydrogen-bond acceptors (Lipinski definition) is 6. The van der Waals surface area contributed by atoms with Crippen LogP contribution >= 0.6 is 0 Å². The van der Waals surface area contributed by atoms with E-state index in [9.17, 15) is 0 Å². The molecule has 0 spiro atoms. The number of benzene rings is 1. The summed E-state index contributed by atoms with van der Waals surface area (Å²) in [7, 11) is 0. The predicted molar refractivity (Wildman–Crippen MR) is 68.2 cm³/mol. The largest absolute Gasteiger partial charge is 0.494 e. The normalized spacial score (nSPS) is 12.1. The minimum Gasteiger partial charge on any atom is -0.494 e. The van der Waals surface area contributed by atoms with Crippen molar-refractivity contribution in [2.24, 2.45) is 0 Å². The number of hydrogen-bond donors (Lipinski definition) is 3. The van der Waals surface area contributed by atoms with Crippen molar-refractivity contribution in [3.63, 3.8) is 0 Å². The van der Waals surface area contributed by atoms with Crippen LogP contribution in [0.4, 0.5) is 11.4 Å². The molecule has 7 heteroatoms. The van der Waals surface area contributed by atoms with Gasteiger partial charge in [-0.25, -0.2) is 0 Å². The van der Waals surface area contributed by atoms with E-state index in [1.54, 1.807) is 6.07 Å². The number of ether oxygens (including phenoxy) is 1. The predicted octanol–water partition coefficient (Wildman–Crippen LogP) is 1.35. The third kappa shape index (κ3) is 2.88. The van der Waals surface area contributed by atoms with Crippen molar-refractivity contribution in [2.75, 3.05) is 17.7 Å². The third-order valence-corrected chi connectivity index (χ3v) is 2.37. The minimum absolute atomic E-state index is 0.0694. The number of nitrogens with zero attached hydrogens (tertiary/aromatic N) is 3. The first kappa shape index (κ1) is 12.2. The zero-order valence-electron chi connectivity index (χ0n) is 10.3. The van der Waals surface area contributed by atoms with E-state index >= 15 is 0 Å². The molecule has 0 aliphatic rings. The molecular formula is C11H16N6O. The molecule has 4 N–H and O–H groups in total. The third-order valence-electron chi connectivity index (χ3n) is 2.37. The average Bonchev–Trinajstić information content (AvgIpc) is 2.81. The Morgan fingerprint density at radius 1 is 1.44 bits per heavy atom. The molecule has 0 bridgehead atoms. The molecule has 1 atom stereocenters. The van der Waals surface area contributed by atoms with Crippen LogP contribution in [0.15, 0.2) is 18.2 Å². The van der Waals surface area contributed by atoms with Gasteiger partial charge in [-0.2, -0.15) is 5.21 Å². The fourth-order valence-electron chi connectivity index (χ4n) is 1.62. The van der Waals surface area contributed by atoms with Crippen molar-refractivity contribution >= 4 is 11.4 Å². The Labute approximate surface area is 105 Å². The summed E-state index contributed by atoms with van der Waals surface area (Å²) in [6, 6.07) is 5.43. The summed E-state index contributed by atoms with van der Waals surface area (Å²) >= 11 is 0. The lowest BCUT2D eigenvalue weighted by molar-refractivity contribution is 0.340. The van der Waals surface area contributed by atoms with Crippen LogP contribution in [0.2, 0.25) is 0 Å². The quantitative estimate of drug-likeness (QED) is 0.690. The lowest BCUT2D eigenvalue weighted by Gasteiger charge is -2.13. The average molecular weight is 248 g/mol. The number of aromatic amines is 1. The summed E-state index contributed by atoms with van der Waals surface area (Å²) in [5.74, 6) is 1.33. The highest BCUT2D eigenvalue weighted by Gasteiger charge is 2.10. The molecule has 0 radical (unpaired) electrons. The molecule has 0 amide bonds. The summed E-state index contributed by atoms with van der Waals surface area (Å²) in [4.78, 5) is 0. The summed E-state index contributed by atoms with van der Waals surface area (Å²) < 4.78 is 5.43. The standard InChI is InChI=1S/C11H16N6O/c1-3-18-10-5-8(12)4-9(6-10)13-7(2)11-14-16-17-15-11/h4-7,13H,3,12H2,1-2H3,(H,14,15,16,17). The van der Waals surface area contributed by atoms with Crippen molar-refractivity contribution in [2.45, 2.75) is 19.9 Å². The first-order chi connectivity index (χ1) is 8.69. The Bertz CT molecular complexity index is 498. The van der Waals surface area contributed by atoms with E-state index in [1.165, 1.54) is 0 Å². The van der Waals surface area contributed by atoms with E-state index in [0.29, 0.717) is 18.1 Å². The van der Waals surface area contributed by atoms with Crippen LogP contribution in [0, 0.1) is 0 Å². The van der Waals surface area contributed by atoms with Gasteiger partial charge in [0.25, 0.3) is 0 Å². The van der Waals surface area contributed by atoms with Gasteiger partial charge in [0.1, 0.15) is 5.75 Å². The zero-order valence-corrected chi connectivity index (χ0v) is 10.3. The van der Waals surface area contributed by atoms with Gasteiger partial charge in [-0.15, -0.1) is 10.2 Å². The number of tetrazole rings is 1. The highest BCUT2D eigenvalue weighted by molar-refractivity contribution is 5.59. The molecule has 1 aromatic carbocycles. The van der Waals surface area contributed by atoms with Crippen LogP contribution < -0.4 is 15.8 Å². The van der Waals surface area contributed by atoms with E-state index in [0.717, 1.165) is 11.4 Å². The molecule has 0 aliphatic heterocycles. The van der Waals surface area contributed by atoms with Gasteiger partial charge in [-0.3, -0.25) is 0 Å². The molecule has 96 valence electrons. The molecule has 7 nitrogen and oxygen atoms in total. The summed E-state index contributed by atoms with van der Waals surface area (Å²) in [5.41, 5.74) is 7.31. The van der Waals surface area contributed by atoms with E-state index in [1.807, 2.05) is 26.0 Å². The van der Waals surface area contributed by atoms with Gasteiger partial charge in [0.05, 0.1) is 12.6 Å². The van der Waals surface area contributed by atoms with Gasteiger partial charge in [-0.05, 0) is 19.9 Å². The number of rotatable bonds is 5. The fraction of sp³-hybridized carbons (Fsp3) is 0.364. The molecule has 18 heavy (non-hydrogen) atoms. The van der Waals surface area contributed by atoms with Gasteiger partial charge < -0.3 is 15.8 Å². The van der Waals surface area contributed by atoms with E-state index in [-0.39, 0.29) is 6.04 Å². The van der Waals surface area contributed by atoms with Gasteiger partial charge >= 0.3 is 0 Å². The van der Waals surface area contributed by atoms with Gasteiger partial charge in [0.15, 0.2) is 5.82 Å². The molecule has 1 aromatic heterocycles. The fourth-order valence-corrected chi connectivity index (χ4v) is 1.62. The number of nitrogens with one attached hydrogen (secondary N) is 2. The van der Waals surface area contributed by atoms with Gasteiger partial charge in [0, 0.05) is 23.5 Å². The second-order valence-corrected chi connectivity index (χ2v) is 3.86. The minimum atomic E-state index is -0.0694. The Morgan fingerprint density at radius 3 is 2.94 bits per heavy atom. The maximum Gasteiger partial charge on any atom is 0.196 e. The SMILES string of the molecule is CCOc1cc(N)cc(NC(C)c2nn[nH]n2)c1. The van der Waals surface area contributed by atoms with Crippen molar-refractivity contribution in [1.82, 2.24) is 20.6 Å². The Morgan fingerprint density at radius 2 is 2.28 bits per heavy atom. The molecule has 1 heterocycles. The van der Waals surface area contributed by atoms with Crippen LogP contribution in [0.3, 0.4) is 0 Å². The maximum atomic E-state index is 5.81. The summed E-state index contributed by atoms with van der Waals surface area (Å²) in [5, 5.41) is 17.0. The maximum absolute atomic E-state index is 5.81. The van der Waals surface area contributed by atoms with E-state index in [4.69, 9.17) is 10.5 Å². The Balaban J connectivity index is 2.13. The van der Waals surface area contributed by atoms with Gasteiger partial charge in [0.2, 0.25) is 0 Å². The van der Waals surface area contributed by atoms with Crippen molar-refractivity contribution < 1.29 is 4.74 Å². The molecule has 2 aromatic rings. The number of H-pyrrole nitrogens is 1. The van der Waals surface area contributed by atoms with E-state index in [2.05, 4.69) is 25.9 Å². The molecule has 2 rings (SSSR count). The molecule has 0 aliphatic carbocycles. The monoisotopic (exact) mass is 248 g/mol. The Hall–Kier alpha value is -2.31. The van der Waals surface area contributed by atoms with Crippen LogP contribution in [0.5, 0.6) is 5.75 Å². The number of nitrogens with two attached hydrogens (primary N) is 1. The Kier molecular flexibility index (Phi) is 3.61. The van der Waals surface area contributed by atoms with Crippen molar-refractivity contribution in [3.05, 3.63) is 24.0 Å². The lowest BCUT2D eigenvalue weighted by atomic mass is 10.2. The number of anilines is 2. The number of aromatic nitrogens is 4. The van der Waals surface area contributed by atoms with E-state index < -0.39 is 0 Å². The smallest absolute Gasteiger partial charge is 0.196 e.